The van der Waals surface area contributed by atoms with Crippen molar-refractivity contribution in [2.45, 2.75) is 35.9 Å². The Balaban J connectivity index is 1.96. The summed E-state index contributed by atoms with van der Waals surface area (Å²) in [5.41, 5.74) is 1.98. The second-order valence-corrected chi connectivity index (χ2v) is 9.53. The second-order valence-electron chi connectivity index (χ2n) is 8.34. The van der Waals surface area contributed by atoms with E-state index < -0.39 is 23.8 Å². The lowest BCUT2D eigenvalue weighted by atomic mass is 10.0. The predicted molar refractivity (Wildman–Crippen MR) is 124 cm³/mol. The van der Waals surface area contributed by atoms with Gasteiger partial charge in [-0.1, -0.05) is 12.1 Å². The van der Waals surface area contributed by atoms with Gasteiger partial charge in [-0.3, -0.25) is 4.79 Å². The van der Waals surface area contributed by atoms with Gasteiger partial charge in [0.25, 0.3) is 0 Å². The number of esters is 1. The number of carbonyl (C=O) groups is 1. The Morgan fingerprint density at radius 1 is 1.09 bits per heavy atom. The van der Waals surface area contributed by atoms with Gasteiger partial charge in [0.15, 0.2) is 6.10 Å². The van der Waals surface area contributed by atoms with Gasteiger partial charge in [-0.15, -0.1) is 11.8 Å². The van der Waals surface area contributed by atoms with Gasteiger partial charge in [0, 0.05) is 24.1 Å². The summed E-state index contributed by atoms with van der Waals surface area (Å²) in [6.07, 6.45) is -5.19. The molecule has 180 valence electrons. The van der Waals surface area contributed by atoms with Crippen LogP contribution >= 0.6 is 11.8 Å². The van der Waals surface area contributed by atoms with E-state index >= 15 is 0 Å². The Bertz CT molecular complexity index is 1190. The molecule has 2 atom stereocenters. The number of nitrogens with zero attached hydrogens (tertiary/aromatic N) is 2. The van der Waals surface area contributed by atoms with Gasteiger partial charge in [-0.05, 0) is 62.1 Å². The first-order chi connectivity index (χ1) is 16.1. The van der Waals surface area contributed by atoms with Gasteiger partial charge >= 0.3 is 12.1 Å². The standard InChI is InChI=1S/C25H25F3N2O3S/c1-15(31)33-23-20-11-8-18(14-29(2)3)30(20)21-13-17(25(26,27)28)7-12-22(21)34-24(23)16-5-9-19(32-4)10-6-16/h5-13,23-24H,14H2,1-4H3/t23-,24-/m1/s1. The van der Waals surface area contributed by atoms with E-state index in [4.69, 9.17) is 9.47 Å². The van der Waals surface area contributed by atoms with Crippen molar-refractivity contribution in [1.82, 2.24) is 9.47 Å². The molecule has 0 N–H and O–H groups in total. The molecular weight excluding hydrogens is 465 g/mol. The molecule has 0 bridgehead atoms. The molecule has 1 aliphatic heterocycles. The summed E-state index contributed by atoms with van der Waals surface area (Å²) in [6.45, 7) is 1.84. The Morgan fingerprint density at radius 2 is 1.79 bits per heavy atom. The first-order valence-electron chi connectivity index (χ1n) is 10.6. The van der Waals surface area contributed by atoms with Gasteiger partial charge in [0.1, 0.15) is 5.75 Å². The van der Waals surface area contributed by atoms with Crippen LogP contribution in [0.25, 0.3) is 5.69 Å². The zero-order valence-electron chi connectivity index (χ0n) is 19.2. The van der Waals surface area contributed by atoms with E-state index in [1.165, 1.54) is 30.8 Å². The normalized spacial score (nSPS) is 17.6. The molecule has 0 amide bonds. The van der Waals surface area contributed by atoms with Gasteiger partial charge in [-0.25, -0.2) is 0 Å². The zero-order chi connectivity index (χ0) is 24.6. The number of halogens is 3. The van der Waals surface area contributed by atoms with Crippen LogP contribution in [0.3, 0.4) is 0 Å². The summed E-state index contributed by atoms with van der Waals surface area (Å²) in [5, 5.41) is -0.381. The highest BCUT2D eigenvalue weighted by Gasteiger charge is 2.38. The highest BCUT2D eigenvalue weighted by atomic mass is 32.2. The van der Waals surface area contributed by atoms with Crippen molar-refractivity contribution in [3.63, 3.8) is 0 Å². The Morgan fingerprint density at radius 3 is 2.38 bits per heavy atom. The van der Waals surface area contributed by atoms with Crippen LogP contribution in [0.15, 0.2) is 59.5 Å². The fourth-order valence-electron chi connectivity index (χ4n) is 4.12. The highest BCUT2D eigenvalue weighted by Crippen LogP contribution is 2.52. The number of ether oxygens (including phenoxy) is 2. The van der Waals surface area contributed by atoms with Crippen molar-refractivity contribution in [3.05, 3.63) is 77.1 Å². The average molecular weight is 491 g/mol. The number of alkyl halides is 3. The summed E-state index contributed by atoms with van der Waals surface area (Å²) in [5.74, 6) is 0.214. The minimum atomic E-state index is -4.48. The SMILES string of the molecule is COc1ccc([C@H]2Sc3ccc(C(F)(F)F)cc3-n3c(CN(C)C)ccc3[C@H]2OC(C)=O)cc1. The van der Waals surface area contributed by atoms with Gasteiger partial charge in [0.05, 0.1) is 29.3 Å². The molecule has 0 aliphatic carbocycles. The van der Waals surface area contributed by atoms with Crippen LogP contribution in [0.5, 0.6) is 5.75 Å². The molecular formula is C25H25F3N2O3S. The molecule has 0 saturated carbocycles. The Hall–Kier alpha value is -2.91. The molecule has 2 aromatic carbocycles. The molecule has 0 unspecified atom stereocenters. The van der Waals surface area contributed by atoms with Crippen LogP contribution < -0.4 is 4.74 Å². The van der Waals surface area contributed by atoms with Gasteiger partial charge < -0.3 is 18.9 Å². The quantitative estimate of drug-likeness (QED) is 0.410. The fourth-order valence-corrected chi connectivity index (χ4v) is 5.42. The number of hydrogen-bond donors (Lipinski definition) is 0. The van der Waals surface area contributed by atoms with E-state index in [9.17, 15) is 18.0 Å². The van der Waals surface area contributed by atoms with E-state index in [1.54, 1.807) is 11.7 Å². The lowest BCUT2D eigenvalue weighted by molar-refractivity contribution is -0.147. The smallest absolute Gasteiger partial charge is 0.416 e. The molecule has 5 nitrogen and oxygen atoms in total. The maximum atomic E-state index is 13.6. The van der Waals surface area contributed by atoms with Crippen molar-refractivity contribution in [2.75, 3.05) is 21.2 Å². The number of rotatable bonds is 5. The monoisotopic (exact) mass is 490 g/mol. The molecule has 0 spiro atoms. The number of fused-ring (bicyclic) bond motifs is 3. The van der Waals surface area contributed by atoms with Crippen LogP contribution in [0.4, 0.5) is 13.2 Å². The Labute approximate surface area is 200 Å². The van der Waals surface area contributed by atoms with E-state index in [2.05, 4.69) is 0 Å². The molecule has 3 aromatic rings. The number of aromatic nitrogens is 1. The van der Waals surface area contributed by atoms with Crippen molar-refractivity contribution < 1.29 is 27.4 Å². The summed E-state index contributed by atoms with van der Waals surface area (Å²) in [4.78, 5) is 14.7. The minimum Gasteiger partial charge on any atom is -0.497 e. The van der Waals surface area contributed by atoms with E-state index in [-0.39, 0.29) is 5.25 Å². The lowest BCUT2D eigenvalue weighted by Gasteiger charge is -2.25. The molecule has 4 rings (SSSR count). The topological polar surface area (TPSA) is 43.7 Å². The first kappa shape index (κ1) is 24.2. The lowest BCUT2D eigenvalue weighted by Crippen LogP contribution is -2.19. The molecule has 9 heteroatoms. The van der Waals surface area contributed by atoms with Crippen molar-refractivity contribution in [2.24, 2.45) is 0 Å². The molecule has 34 heavy (non-hydrogen) atoms. The van der Waals surface area contributed by atoms with Crippen LogP contribution in [0, 0.1) is 0 Å². The number of hydrogen-bond acceptors (Lipinski definition) is 5. The van der Waals surface area contributed by atoms with Crippen molar-refractivity contribution >= 4 is 17.7 Å². The molecule has 0 saturated heterocycles. The first-order valence-corrected chi connectivity index (χ1v) is 11.5. The van der Waals surface area contributed by atoms with E-state index in [0.29, 0.717) is 28.6 Å². The number of benzene rings is 2. The van der Waals surface area contributed by atoms with Crippen LogP contribution in [-0.2, 0) is 22.3 Å². The van der Waals surface area contributed by atoms with Crippen LogP contribution in [0.2, 0.25) is 0 Å². The van der Waals surface area contributed by atoms with Gasteiger partial charge in [-0.2, -0.15) is 13.2 Å². The molecule has 0 radical (unpaired) electrons. The molecule has 2 heterocycles. The average Bonchev–Trinajstić information content (AvgIpc) is 3.11. The summed E-state index contributed by atoms with van der Waals surface area (Å²) >= 11 is 1.38. The Kier molecular flexibility index (Phi) is 6.69. The van der Waals surface area contributed by atoms with Crippen LogP contribution in [-0.4, -0.2) is 36.6 Å². The molecule has 1 aromatic heterocycles. The largest absolute Gasteiger partial charge is 0.497 e. The highest BCUT2D eigenvalue weighted by molar-refractivity contribution is 7.99. The van der Waals surface area contributed by atoms with E-state index in [0.717, 1.165) is 17.3 Å². The number of methoxy groups -OCH3 is 1. The van der Waals surface area contributed by atoms with Crippen molar-refractivity contribution in [1.29, 1.82) is 0 Å². The minimum absolute atomic E-state index is 0.381. The third-order valence-corrected chi connectivity index (χ3v) is 6.93. The molecule has 1 aliphatic rings. The number of carbonyl (C=O) groups excluding carboxylic acids is 1. The van der Waals surface area contributed by atoms with Gasteiger partial charge in [0.2, 0.25) is 0 Å². The maximum absolute atomic E-state index is 13.6. The third-order valence-electron chi connectivity index (χ3n) is 5.55. The van der Waals surface area contributed by atoms with E-state index in [1.807, 2.05) is 55.4 Å². The maximum Gasteiger partial charge on any atom is 0.416 e. The molecule has 0 fully saturated rings. The van der Waals surface area contributed by atoms with Crippen LogP contribution in [0.1, 0.15) is 40.8 Å². The summed E-state index contributed by atoms with van der Waals surface area (Å²) in [7, 11) is 5.36. The van der Waals surface area contributed by atoms with Crippen molar-refractivity contribution in [3.8, 4) is 11.4 Å². The summed E-state index contributed by atoms with van der Waals surface area (Å²) < 4.78 is 53.8. The number of thioether (sulfide) groups is 1. The zero-order valence-corrected chi connectivity index (χ0v) is 20.0. The fraction of sp³-hybridized carbons (Fsp3) is 0.320. The summed E-state index contributed by atoms with van der Waals surface area (Å²) in [6, 6.07) is 14.9. The predicted octanol–water partition coefficient (Wildman–Crippen LogP) is 6.02. The second kappa shape index (κ2) is 9.38. The third kappa shape index (κ3) is 4.81.